The Labute approximate surface area is 178 Å². The average Bonchev–Trinajstić information content (AvgIpc) is 3.50. The molecule has 0 unspecified atom stereocenters. The SMILES string of the molecule is CN=C(NCCN(CCOC)C1CC1)Nc1ccc2c(c1)OCCCO2.I. The fourth-order valence-electron chi connectivity index (χ4n) is 3.00. The highest BCUT2D eigenvalue weighted by atomic mass is 127. The van der Waals surface area contributed by atoms with E-state index in [0.29, 0.717) is 13.2 Å². The number of guanidine groups is 1. The van der Waals surface area contributed by atoms with Crippen LogP contribution in [0, 0.1) is 0 Å². The number of benzene rings is 1. The molecule has 1 aliphatic carbocycles. The lowest BCUT2D eigenvalue weighted by Gasteiger charge is -2.22. The van der Waals surface area contributed by atoms with Crippen molar-refractivity contribution < 1.29 is 14.2 Å². The molecule has 0 atom stereocenters. The Bertz CT molecular complexity index is 611. The van der Waals surface area contributed by atoms with Gasteiger partial charge in [0.2, 0.25) is 0 Å². The van der Waals surface area contributed by atoms with Crippen molar-refractivity contribution in [1.29, 1.82) is 0 Å². The Hall–Kier alpha value is -1.26. The van der Waals surface area contributed by atoms with E-state index in [1.54, 1.807) is 14.2 Å². The molecule has 0 amide bonds. The van der Waals surface area contributed by atoms with Gasteiger partial charge in [0.15, 0.2) is 17.5 Å². The first-order valence-electron chi connectivity index (χ1n) is 9.40. The van der Waals surface area contributed by atoms with Crippen LogP contribution in [0.3, 0.4) is 0 Å². The van der Waals surface area contributed by atoms with Crippen LogP contribution in [-0.2, 0) is 4.74 Å². The van der Waals surface area contributed by atoms with Crippen molar-refractivity contribution in [2.24, 2.45) is 4.99 Å². The molecule has 1 aromatic rings. The summed E-state index contributed by atoms with van der Waals surface area (Å²) in [6, 6.07) is 6.61. The molecule has 1 aromatic carbocycles. The third-order valence-corrected chi connectivity index (χ3v) is 4.57. The van der Waals surface area contributed by atoms with E-state index in [1.165, 1.54) is 12.8 Å². The van der Waals surface area contributed by atoms with E-state index in [1.807, 2.05) is 18.2 Å². The number of nitrogens with one attached hydrogen (secondary N) is 2. The number of ether oxygens (including phenoxy) is 3. The van der Waals surface area contributed by atoms with Gasteiger partial charge in [0.25, 0.3) is 0 Å². The number of methoxy groups -OCH3 is 1. The zero-order valence-electron chi connectivity index (χ0n) is 16.2. The van der Waals surface area contributed by atoms with Gasteiger partial charge < -0.3 is 24.8 Å². The predicted octanol–water partition coefficient (Wildman–Crippen LogP) is 2.56. The number of rotatable bonds is 8. The number of hydrogen-bond acceptors (Lipinski definition) is 5. The van der Waals surface area contributed by atoms with Crippen LogP contribution in [0.4, 0.5) is 5.69 Å². The molecule has 3 rings (SSSR count). The third kappa shape index (κ3) is 7.00. The molecule has 1 aliphatic heterocycles. The molecule has 0 radical (unpaired) electrons. The summed E-state index contributed by atoms with van der Waals surface area (Å²) in [5, 5.41) is 6.71. The van der Waals surface area contributed by atoms with Gasteiger partial charge in [-0.25, -0.2) is 0 Å². The monoisotopic (exact) mass is 490 g/mol. The number of halogens is 1. The van der Waals surface area contributed by atoms with Crippen molar-refractivity contribution in [3.63, 3.8) is 0 Å². The van der Waals surface area contributed by atoms with Crippen LogP contribution in [0.1, 0.15) is 19.3 Å². The maximum atomic E-state index is 5.74. The smallest absolute Gasteiger partial charge is 0.195 e. The number of anilines is 1. The van der Waals surface area contributed by atoms with Crippen LogP contribution in [0.2, 0.25) is 0 Å². The molecule has 27 heavy (non-hydrogen) atoms. The molecule has 8 heteroatoms. The van der Waals surface area contributed by atoms with E-state index in [0.717, 1.165) is 61.8 Å². The number of hydrogen-bond donors (Lipinski definition) is 2. The van der Waals surface area contributed by atoms with Crippen LogP contribution in [-0.4, -0.2) is 70.5 Å². The Kier molecular flexibility index (Phi) is 9.43. The minimum Gasteiger partial charge on any atom is -0.490 e. The van der Waals surface area contributed by atoms with Gasteiger partial charge in [-0.2, -0.15) is 0 Å². The molecule has 2 aliphatic rings. The third-order valence-electron chi connectivity index (χ3n) is 4.57. The van der Waals surface area contributed by atoms with E-state index in [9.17, 15) is 0 Å². The van der Waals surface area contributed by atoms with Crippen molar-refractivity contribution >= 4 is 35.6 Å². The summed E-state index contributed by atoms with van der Waals surface area (Å²) in [4.78, 5) is 6.80. The molecular weight excluding hydrogens is 459 g/mol. The van der Waals surface area contributed by atoms with E-state index in [4.69, 9.17) is 14.2 Å². The maximum Gasteiger partial charge on any atom is 0.195 e. The second-order valence-electron chi connectivity index (χ2n) is 6.60. The Morgan fingerprint density at radius 2 is 2.00 bits per heavy atom. The molecule has 0 saturated heterocycles. The Morgan fingerprint density at radius 1 is 1.22 bits per heavy atom. The summed E-state index contributed by atoms with van der Waals surface area (Å²) in [5.74, 6) is 2.33. The second kappa shape index (κ2) is 11.6. The standard InChI is InChI=1S/C19H30N4O3.HI/c1-20-19(21-8-9-23(10-13-24-2)16-5-6-16)22-15-4-7-17-18(14-15)26-12-3-11-25-17;/h4,7,14,16H,3,5-6,8-13H2,1-2H3,(H2,20,21,22);1H. The molecule has 152 valence electrons. The zero-order valence-corrected chi connectivity index (χ0v) is 18.5. The molecule has 1 saturated carbocycles. The van der Waals surface area contributed by atoms with E-state index < -0.39 is 0 Å². The summed E-state index contributed by atoms with van der Waals surface area (Å²) >= 11 is 0. The highest BCUT2D eigenvalue weighted by Gasteiger charge is 2.28. The number of fused-ring (bicyclic) bond motifs is 1. The van der Waals surface area contributed by atoms with Gasteiger partial charge in [0.05, 0.1) is 19.8 Å². The number of nitrogens with zero attached hydrogens (tertiary/aromatic N) is 2. The largest absolute Gasteiger partial charge is 0.490 e. The van der Waals surface area contributed by atoms with Crippen molar-refractivity contribution in [2.75, 3.05) is 58.9 Å². The normalized spacial score (nSPS) is 16.5. The number of aliphatic imine (C=N–C) groups is 1. The first-order chi connectivity index (χ1) is 12.8. The molecule has 0 spiro atoms. The summed E-state index contributed by atoms with van der Waals surface area (Å²) in [6.45, 7) is 4.96. The van der Waals surface area contributed by atoms with Crippen LogP contribution in [0.5, 0.6) is 11.5 Å². The van der Waals surface area contributed by atoms with Gasteiger partial charge in [-0.15, -0.1) is 24.0 Å². The summed E-state index contributed by atoms with van der Waals surface area (Å²) < 4.78 is 16.6. The van der Waals surface area contributed by atoms with Crippen LogP contribution < -0.4 is 20.1 Å². The van der Waals surface area contributed by atoms with Gasteiger partial charge in [-0.1, -0.05) is 0 Å². The van der Waals surface area contributed by atoms with Gasteiger partial charge in [-0.05, 0) is 25.0 Å². The van der Waals surface area contributed by atoms with Crippen molar-refractivity contribution in [1.82, 2.24) is 10.2 Å². The van der Waals surface area contributed by atoms with E-state index in [-0.39, 0.29) is 24.0 Å². The minimum absolute atomic E-state index is 0. The Balaban J connectivity index is 0.00000261. The molecule has 2 N–H and O–H groups in total. The predicted molar refractivity (Wildman–Crippen MR) is 119 cm³/mol. The lowest BCUT2D eigenvalue weighted by Crippen LogP contribution is -2.40. The molecule has 0 bridgehead atoms. The fraction of sp³-hybridized carbons (Fsp3) is 0.632. The highest BCUT2D eigenvalue weighted by molar-refractivity contribution is 14.0. The molecular formula is C19H31IN4O3. The Morgan fingerprint density at radius 3 is 2.70 bits per heavy atom. The summed E-state index contributed by atoms with van der Waals surface area (Å²) in [7, 11) is 3.53. The van der Waals surface area contributed by atoms with E-state index >= 15 is 0 Å². The van der Waals surface area contributed by atoms with Crippen LogP contribution >= 0.6 is 24.0 Å². The first kappa shape index (κ1) is 22.0. The zero-order chi connectivity index (χ0) is 18.2. The quantitative estimate of drug-likeness (QED) is 0.332. The molecule has 7 nitrogen and oxygen atoms in total. The van der Waals surface area contributed by atoms with Gasteiger partial charge in [-0.3, -0.25) is 9.89 Å². The average molecular weight is 490 g/mol. The van der Waals surface area contributed by atoms with Gasteiger partial charge in [0.1, 0.15) is 0 Å². The van der Waals surface area contributed by atoms with Crippen LogP contribution in [0.15, 0.2) is 23.2 Å². The van der Waals surface area contributed by atoms with Gasteiger partial charge >= 0.3 is 0 Å². The van der Waals surface area contributed by atoms with Crippen LogP contribution in [0.25, 0.3) is 0 Å². The summed E-state index contributed by atoms with van der Waals surface area (Å²) in [6.07, 6.45) is 3.50. The fourth-order valence-corrected chi connectivity index (χ4v) is 3.00. The van der Waals surface area contributed by atoms with Crippen molar-refractivity contribution in [3.8, 4) is 11.5 Å². The molecule has 0 aromatic heterocycles. The molecule has 1 fully saturated rings. The van der Waals surface area contributed by atoms with Crippen molar-refractivity contribution in [3.05, 3.63) is 18.2 Å². The summed E-state index contributed by atoms with van der Waals surface area (Å²) in [5.41, 5.74) is 0.931. The topological polar surface area (TPSA) is 67.4 Å². The molecule has 1 heterocycles. The van der Waals surface area contributed by atoms with E-state index in [2.05, 4.69) is 20.5 Å². The highest BCUT2D eigenvalue weighted by Crippen LogP contribution is 2.32. The van der Waals surface area contributed by atoms with Gasteiger partial charge in [0, 0.05) is 58.0 Å². The lowest BCUT2D eigenvalue weighted by atomic mass is 10.3. The second-order valence-corrected chi connectivity index (χ2v) is 6.60. The first-order valence-corrected chi connectivity index (χ1v) is 9.40. The van der Waals surface area contributed by atoms with Crippen molar-refractivity contribution in [2.45, 2.75) is 25.3 Å². The maximum absolute atomic E-state index is 5.74. The lowest BCUT2D eigenvalue weighted by molar-refractivity contribution is 0.145. The minimum atomic E-state index is 0.